The van der Waals surface area contributed by atoms with Crippen LogP contribution in [-0.4, -0.2) is 0 Å². The lowest BCUT2D eigenvalue weighted by Crippen LogP contribution is -1.91. The van der Waals surface area contributed by atoms with Crippen LogP contribution in [-0.2, 0) is 0 Å². The molecule has 2 heterocycles. The van der Waals surface area contributed by atoms with E-state index in [2.05, 4.69) is 115 Å². The maximum Gasteiger partial charge on any atom is 0.137 e. The van der Waals surface area contributed by atoms with Gasteiger partial charge in [0.05, 0.1) is 0 Å². The lowest BCUT2D eigenvalue weighted by Gasteiger charge is -2.19. The monoisotopic (exact) mass is 476 g/mol. The molecule has 0 radical (unpaired) electrons. The summed E-state index contributed by atoms with van der Waals surface area (Å²) in [4.78, 5) is 0. The minimum Gasteiger partial charge on any atom is -0.456 e. The Balaban J connectivity index is 1.66. The van der Waals surface area contributed by atoms with Crippen molar-refractivity contribution in [2.75, 3.05) is 0 Å². The molecule has 36 heavy (non-hydrogen) atoms. The number of hydrogen-bond donors (Lipinski definition) is 0. The normalized spacial score (nSPS) is 11.9. The van der Waals surface area contributed by atoms with Crippen LogP contribution in [0, 0.1) is 0 Å². The van der Waals surface area contributed by atoms with Gasteiger partial charge in [0.1, 0.15) is 11.2 Å². The van der Waals surface area contributed by atoms with Gasteiger partial charge >= 0.3 is 0 Å². The molecular formula is C34H20OS. The van der Waals surface area contributed by atoms with Crippen LogP contribution in [0.5, 0.6) is 0 Å². The molecule has 8 rings (SSSR count). The summed E-state index contributed by atoms with van der Waals surface area (Å²) in [6.45, 7) is 0. The third-order valence-corrected chi connectivity index (χ3v) is 8.21. The average Bonchev–Trinajstić information content (AvgIpc) is 3.55. The minimum atomic E-state index is 0.931. The summed E-state index contributed by atoms with van der Waals surface area (Å²) in [5, 5.41) is 10.9. The molecule has 1 nitrogen and oxygen atoms in total. The summed E-state index contributed by atoms with van der Waals surface area (Å²) in [6.07, 6.45) is 0. The molecule has 0 atom stereocenters. The molecule has 0 bridgehead atoms. The van der Waals surface area contributed by atoms with E-state index in [9.17, 15) is 0 Å². The average molecular weight is 477 g/mol. The highest BCUT2D eigenvalue weighted by molar-refractivity contribution is 7.17. The van der Waals surface area contributed by atoms with Crippen LogP contribution in [0.4, 0.5) is 0 Å². The van der Waals surface area contributed by atoms with Crippen LogP contribution in [0.15, 0.2) is 125 Å². The second-order valence-electron chi connectivity index (χ2n) is 9.26. The Bertz CT molecular complexity index is 2040. The molecule has 0 amide bonds. The second-order valence-corrected chi connectivity index (χ2v) is 10.2. The van der Waals surface area contributed by atoms with E-state index >= 15 is 0 Å². The summed E-state index contributed by atoms with van der Waals surface area (Å²) in [5.74, 6) is 0. The first-order valence-corrected chi connectivity index (χ1v) is 13.1. The highest BCUT2D eigenvalue weighted by Crippen LogP contribution is 2.49. The van der Waals surface area contributed by atoms with Crippen molar-refractivity contribution in [2.45, 2.75) is 0 Å². The molecule has 6 aromatic carbocycles. The SMILES string of the molecule is c1ccc(-c2c3ccccc3c(-c3c4ccsc4cc4oc5ccccc5c34)c3ccccc23)cc1. The molecule has 0 spiro atoms. The summed E-state index contributed by atoms with van der Waals surface area (Å²) in [5.41, 5.74) is 6.95. The lowest BCUT2D eigenvalue weighted by molar-refractivity contribution is 0.669. The van der Waals surface area contributed by atoms with Crippen LogP contribution in [0.25, 0.3) is 75.8 Å². The molecule has 0 aliphatic rings. The number of fused-ring (bicyclic) bond motifs is 6. The van der Waals surface area contributed by atoms with E-state index in [0.29, 0.717) is 0 Å². The number of hydrogen-bond acceptors (Lipinski definition) is 2. The van der Waals surface area contributed by atoms with E-state index in [0.717, 1.165) is 16.6 Å². The highest BCUT2D eigenvalue weighted by Gasteiger charge is 2.22. The van der Waals surface area contributed by atoms with Gasteiger partial charge in [-0.3, -0.25) is 0 Å². The smallest absolute Gasteiger partial charge is 0.137 e. The molecule has 0 aliphatic heterocycles. The molecular weight excluding hydrogens is 456 g/mol. The largest absolute Gasteiger partial charge is 0.456 e. The van der Waals surface area contributed by atoms with Crippen molar-refractivity contribution in [2.24, 2.45) is 0 Å². The predicted molar refractivity (Wildman–Crippen MR) is 155 cm³/mol. The zero-order chi connectivity index (χ0) is 23.6. The Hall–Kier alpha value is -4.40. The van der Waals surface area contributed by atoms with E-state index in [4.69, 9.17) is 4.42 Å². The fourth-order valence-electron chi connectivity index (χ4n) is 5.89. The van der Waals surface area contributed by atoms with Crippen molar-refractivity contribution in [3.8, 4) is 22.3 Å². The summed E-state index contributed by atoms with van der Waals surface area (Å²) in [6, 6.07) is 41.4. The summed E-state index contributed by atoms with van der Waals surface area (Å²) >= 11 is 1.77. The van der Waals surface area contributed by atoms with Crippen molar-refractivity contribution in [3.05, 3.63) is 121 Å². The Morgan fingerprint density at radius 2 is 1.03 bits per heavy atom. The van der Waals surface area contributed by atoms with Crippen molar-refractivity contribution in [1.82, 2.24) is 0 Å². The third-order valence-electron chi connectivity index (χ3n) is 7.34. The fraction of sp³-hybridized carbons (Fsp3) is 0. The standard InChI is InChI=1S/C34H20OS/c1-2-10-21(11-3-1)31-22-12-4-6-14-24(22)32(25-15-7-5-13-23(25)31)34-27-18-19-36-30(27)20-29-33(34)26-16-8-9-17-28(26)35-29/h1-20H. The molecule has 0 unspecified atom stereocenters. The van der Waals surface area contributed by atoms with Crippen LogP contribution in [0.3, 0.4) is 0 Å². The molecule has 2 heteroatoms. The molecule has 0 aliphatic carbocycles. The Kier molecular flexibility index (Phi) is 4.16. The van der Waals surface area contributed by atoms with Gasteiger partial charge in [0.2, 0.25) is 0 Å². The molecule has 8 aromatic rings. The van der Waals surface area contributed by atoms with Crippen LogP contribution in [0.2, 0.25) is 0 Å². The van der Waals surface area contributed by atoms with Crippen LogP contribution < -0.4 is 0 Å². The molecule has 168 valence electrons. The Morgan fingerprint density at radius 1 is 0.444 bits per heavy atom. The fourth-order valence-corrected chi connectivity index (χ4v) is 6.71. The number of thiophene rings is 1. The minimum absolute atomic E-state index is 0.931. The Labute approximate surface area is 211 Å². The van der Waals surface area contributed by atoms with Gasteiger partial charge in [-0.25, -0.2) is 0 Å². The first kappa shape index (κ1) is 19.9. The topological polar surface area (TPSA) is 13.1 Å². The van der Waals surface area contributed by atoms with Crippen molar-refractivity contribution in [3.63, 3.8) is 0 Å². The molecule has 0 saturated heterocycles. The van der Waals surface area contributed by atoms with E-state index in [-0.39, 0.29) is 0 Å². The first-order valence-electron chi connectivity index (χ1n) is 12.2. The van der Waals surface area contributed by atoms with Gasteiger partial charge < -0.3 is 4.42 Å². The number of furan rings is 1. The van der Waals surface area contributed by atoms with Gasteiger partial charge in [-0.2, -0.15) is 0 Å². The van der Waals surface area contributed by atoms with Gasteiger partial charge in [0.25, 0.3) is 0 Å². The maximum absolute atomic E-state index is 6.42. The molecule has 0 fully saturated rings. The number of para-hydroxylation sites is 1. The zero-order valence-corrected chi connectivity index (χ0v) is 20.2. The number of benzene rings is 6. The molecule has 2 aromatic heterocycles. The summed E-state index contributed by atoms with van der Waals surface area (Å²) < 4.78 is 7.66. The van der Waals surface area contributed by atoms with E-state index in [1.165, 1.54) is 59.3 Å². The van der Waals surface area contributed by atoms with Crippen LogP contribution >= 0.6 is 11.3 Å². The third kappa shape index (κ3) is 2.71. The van der Waals surface area contributed by atoms with Gasteiger partial charge in [0.15, 0.2) is 0 Å². The molecule has 0 N–H and O–H groups in total. The van der Waals surface area contributed by atoms with Crippen molar-refractivity contribution < 1.29 is 4.42 Å². The van der Waals surface area contributed by atoms with E-state index in [1.807, 2.05) is 6.07 Å². The quantitative estimate of drug-likeness (QED) is 0.226. The van der Waals surface area contributed by atoms with Gasteiger partial charge in [-0.05, 0) is 61.8 Å². The number of rotatable bonds is 2. The van der Waals surface area contributed by atoms with Gasteiger partial charge in [-0.15, -0.1) is 11.3 Å². The van der Waals surface area contributed by atoms with Crippen molar-refractivity contribution in [1.29, 1.82) is 0 Å². The second kappa shape index (κ2) is 7.55. The van der Waals surface area contributed by atoms with E-state index in [1.54, 1.807) is 11.3 Å². The van der Waals surface area contributed by atoms with Crippen molar-refractivity contribution >= 4 is 64.9 Å². The first-order chi connectivity index (χ1) is 17.9. The predicted octanol–water partition coefficient (Wildman–Crippen LogP) is 10.4. The molecule has 0 saturated carbocycles. The Morgan fingerprint density at radius 3 is 1.72 bits per heavy atom. The maximum atomic E-state index is 6.42. The highest BCUT2D eigenvalue weighted by atomic mass is 32.1. The van der Waals surface area contributed by atoms with Crippen LogP contribution in [0.1, 0.15) is 0 Å². The van der Waals surface area contributed by atoms with Gasteiger partial charge in [0, 0.05) is 26.4 Å². The zero-order valence-electron chi connectivity index (χ0n) is 19.4. The van der Waals surface area contributed by atoms with Gasteiger partial charge in [-0.1, -0.05) is 97.1 Å². The summed E-state index contributed by atoms with van der Waals surface area (Å²) in [7, 11) is 0. The lowest BCUT2D eigenvalue weighted by atomic mass is 9.84. The van der Waals surface area contributed by atoms with E-state index < -0.39 is 0 Å².